The molecule has 1 aromatic rings. The Balaban J connectivity index is 2.11. The van der Waals surface area contributed by atoms with Gasteiger partial charge in [0.2, 0.25) is 0 Å². The molecule has 1 aromatic carbocycles. The zero-order valence-electron chi connectivity index (χ0n) is 10.8. The molecule has 0 saturated carbocycles. The molecule has 0 spiro atoms. The normalized spacial score (nSPS) is 15.2. The summed E-state index contributed by atoms with van der Waals surface area (Å²) in [5.41, 5.74) is 9.14. The highest BCUT2D eigenvalue weighted by Crippen LogP contribution is 2.13. The third-order valence-electron chi connectivity index (χ3n) is 2.97. The molecule has 5 nitrogen and oxygen atoms in total. The first-order valence-corrected chi connectivity index (χ1v) is 7.05. The summed E-state index contributed by atoms with van der Waals surface area (Å²) in [6.45, 7) is 1.45. The Hall–Kier alpha value is -1.66. The maximum Gasteiger partial charge on any atom is 0.277 e. The van der Waals surface area contributed by atoms with Crippen LogP contribution < -0.4 is 11.2 Å². The smallest absolute Gasteiger partial charge is 0.277 e. The molecule has 1 saturated heterocycles. The summed E-state index contributed by atoms with van der Waals surface area (Å²) in [6, 6.07) is 6.96. The van der Waals surface area contributed by atoms with Gasteiger partial charge in [-0.3, -0.25) is 10.2 Å². The van der Waals surface area contributed by atoms with Crippen LogP contribution in [0.4, 0.5) is 5.69 Å². The Morgan fingerprint density at radius 3 is 2.45 bits per heavy atom. The lowest BCUT2D eigenvalue weighted by Crippen LogP contribution is -2.40. The fourth-order valence-corrected chi connectivity index (χ4v) is 2.18. The summed E-state index contributed by atoms with van der Waals surface area (Å²) >= 11 is 10.7. The molecule has 2 rings (SSSR count). The second-order valence-electron chi connectivity index (χ2n) is 4.44. The fraction of sp³-hybridized carbons (Fsp3) is 0.308. The minimum absolute atomic E-state index is 0.0108. The van der Waals surface area contributed by atoms with Crippen LogP contribution in [0, 0.1) is 0 Å². The molecule has 0 bridgehead atoms. The first-order valence-electron chi connectivity index (χ1n) is 6.26. The van der Waals surface area contributed by atoms with Crippen molar-refractivity contribution in [1.82, 2.24) is 4.90 Å². The van der Waals surface area contributed by atoms with Crippen LogP contribution in [0.3, 0.4) is 0 Å². The van der Waals surface area contributed by atoms with Crippen molar-refractivity contribution in [1.29, 1.82) is 0 Å². The minimum atomic E-state index is -0.225. The van der Waals surface area contributed by atoms with E-state index in [9.17, 15) is 4.79 Å². The molecule has 0 aliphatic carbocycles. The third kappa shape index (κ3) is 3.68. The van der Waals surface area contributed by atoms with Crippen molar-refractivity contribution in [3.05, 3.63) is 29.3 Å². The SMILES string of the molecule is NC(=S)/C(=N/Nc1ccc(Cl)cc1)C(=O)N1CCCC1. The fourth-order valence-electron chi connectivity index (χ4n) is 1.92. The molecule has 3 N–H and O–H groups in total. The van der Waals surface area contributed by atoms with E-state index in [1.807, 2.05) is 0 Å². The maximum absolute atomic E-state index is 12.2. The molecule has 20 heavy (non-hydrogen) atoms. The molecular weight excluding hydrogens is 296 g/mol. The average Bonchev–Trinajstić information content (AvgIpc) is 2.94. The Morgan fingerprint density at radius 1 is 1.30 bits per heavy atom. The Morgan fingerprint density at radius 2 is 1.90 bits per heavy atom. The minimum Gasteiger partial charge on any atom is -0.388 e. The third-order valence-corrected chi connectivity index (χ3v) is 3.42. The molecule has 0 atom stereocenters. The molecule has 1 aliphatic heterocycles. The first-order chi connectivity index (χ1) is 9.58. The van der Waals surface area contributed by atoms with Crippen LogP contribution in [0.15, 0.2) is 29.4 Å². The number of benzene rings is 1. The quantitative estimate of drug-likeness (QED) is 0.507. The lowest BCUT2D eigenvalue weighted by molar-refractivity contribution is -0.122. The number of hydrogen-bond acceptors (Lipinski definition) is 4. The first kappa shape index (κ1) is 14.7. The number of nitrogens with one attached hydrogen (secondary N) is 1. The number of hydrogen-bond donors (Lipinski definition) is 2. The molecule has 1 amide bonds. The molecule has 1 heterocycles. The van der Waals surface area contributed by atoms with Gasteiger partial charge >= 0.3 is 0 Å². The number of hydrazone groups is 1. The summed E-state index contributed by atoms with van der Waals surface area (Å²) < 4.78 is 0. The number of carbonyl (C=O) groups excluding carboxylic acids is 1. The molecule has 0 radical (unpaired) electrons. The van der Waals surface area contributed by atoms with Gasteiger partial charge in [0.1, 0.15) is 4.99 Å². The van der Waals surface area contributed by atoms with Crippen molar-refractivity contribution in [2.45, 2.75) is 12.8 Å². The Kier molecular flexibility index (Phi) is 4.92. The molecule has 0 aromatic heterocycles. The summed E-state index contributed by atoms with van der Waals surface area (Å²) in [5, 5.41) is 4.66. The lowest BCUT2D eigenvalue weighted by Gasteiger charge is -2.15. The number of nitrogens with two attached hydrogens (primary N) is 1. The van der Waals surface area contributed by atoms with E-state index in [4.69, 9.17) is 29.6 Å². The van der Waals surface area contributed by atoms with E-state index in [0.717, 1.165) is 25.9 Å². The number of amides is 1. The van der Waals surface area contributed by atoms with E-state index in [1.165, 1.54) is 0 Å². The average molecular weight is 311 g/mol. The monoisotopic (exact) mass is 310 g/mol. The predicted octanol–water partition coefficient (Wildman–Crippen LogP) is 2.02. The van der Waals surface area contributed by atoms with E-state index in [-0.39, 0.29) is 16.6 Å². The highest BCUT2D eigenvalue weighted by Gasteiger charge is 2.24. The second-order valence-corrected chi connectivity index (χ2v) is 5.32. The van der Waals surface area contributed by atoms with Crippen LogP contribution in [0.2, 0.25) is 5.02 Å². The van der Waals surface area contributed by atoms with Gasteiger partial charge in [0.25, 0.3) is 5.91 Å². The Bertz CT molecular complexity index is 538. The molecule has 1 fully saturated rings. The summed E-state index contributed by atoms with van der Waals surface area (Å²) in [5.74, 6) is -0.225. The largest absolute Gasteiger partial charge is 0.388 e. The van der Waals surface area contributed by atoms with Crippen LogP contribution in [-0.2, 0) is 4.79 Å². The van der Waals surface area contributed by atoms with E-state index in [2.05, 4.69) is 10.5 Å². The van der Waals surface area contributed by atoms with E-state index >= 15 is 0 Å². The van der Waals surface area contributed by atoms with E-state index < -0.39 is 0 Å². The zero-order valence-corrected chi connectivity index (χ0v) is 12.4. The van der Waals surface area contributed by atoms with E-state index in [1.54, 1.807) is 29.2 Å². The van der Waals surface area contributed by atoms with Crippen molar-refractivity contribution >= 4 is 46.1 Å². The van der Waals surface area contributed by atoms with Crippen LogP contribution in [0.1, 0.15) is 12.8 Å². The van der Waals surface area contributed by atoms with Crippen molar-refractivity contribution in [2.75, 3.05) is 18.5 Å². The topological polar surface area (TPSA) is 70.7 Å². The van der Waals surface area contributed by atoms with Crippen LogP contribution in [0.25, 0.3) is 0 Å². The zero-order chi connectivity index (χ0) is 14.5. The van der Waals surface area contributed by atoms with Gasteiger partial charge in [0.15, 0.2) is 5.71 Å². The number of rotatable bonds is 4. The second kappa shape index (κ2) is 6.67. The van der Waals surface area contributed by atoms with Gasteiger partial charge in [-0.05, 0) is 37.1 Å². The maximum atomic E-state index is 12.2. The molecule has 1 aliphatic rings. The molecular formula is C13H15ClN4OS. The predicted molar refractivity (Wildman–Crippen MR) is 85.1 cm³/mol. The molecule has 106 valence electrons. The van der Waals surface area contributed by atoms with Gasteiger partial charge < -0.3 is 10.6 Å². The van der Waals surface area contributed by atoms with Gasteiger partial charge in [-0.15, -0.1) is 0 Å². The van der Waals surface area contributed by atoms with Gasteiger partial charge in [-0.2, -0.15) is 5.10 Å². The number of thiocarbonyl (C=S) groups is 1. The van der Waals surface area contributed by atoms with Gasteiger partial charge in [0, 0.05) is 18.1 Å². The highest BCUT2D eigenvalue weighted by atomic mass is 35.5. The number of nitrogens with zero attached hydrogens (tertiary/aromatic N) is 2. The van der Waals surface area contributed by atoms with Crippen LogP contribution >= 0.6 is 23.8 Å². The molecule has 0 unspecified atom stereocenters. The van der Waals surface area contributed by atoms with Crippen molar-refractivity contribution in [3.8, 4) is 0 Å². The van der Waals surface area contributed by atoms with Gasteiger partial charge in [-0.1, -0.05) is 23.8 Å². The van der Waals surface area contributed by atoms with Crippen LogP contribution in [0.5, 0.6) is 0 Å². The lowest BCUT2D eigenvalue weighted by atomic mass is 10.3. The van der Waals surface area contributed by atoms with Crippen molar-refractivity contribution < 1.29 is 4.79 Å². The van der Waals surface area contributed by atoms with Crippen molar-refractivity contribution in [3.63, 3.8) is 0 Å². The highest BCUT2D eigenvalue weighted by molar-refractivity contribution is 7.82. The number of carbonyl (C=O) groups is 1. The molecule has 7 heteroatoms. The van der Waals surface area contributed by atoms with Gasteiger partial charge in [0.05, 0.1) is 5.69 Å². The van der Waals surface area contributed by atoms with Crippen molar-refractivity contribution in [2.24, 2.45) is 10.8 Å². The Labute approximate surface area is 127 Å². The number of anilines is 1. The number of halogens is 1. The standard InChI is InChI=1S/C13H15ClN4OS/c14-9-3-5-10(6-4-9)16-17-11(12(15)20)13(19)18-7-1-2-8-18/h3-6,16H,1-2,7-8H2,(H2,15,20)/b17-11-. The number of likely N-dealkylation sites (tertiary alicyclic amines) is 1. The summed E-state index contributed by atoms with van der Waals surface area (Å²) in [4.78, 5) is 13.9. The summed E-state index contributed by atoms with van der Waals surface area (Å²) in [6.07, 6.45) is 2.00. The van der Waals surface area contributed by atoms with Crippen LogP contribution in [-0.4, -0.2) is 34.6 Å². The summed E-state index contributed by atoms with van der Waals surface area (Å²) in [7, 11) is 0. The van der Waals surface area contributed by atoms with Gasteiger partial charge in [-0.25, -0.2) is 0 Å². The van der Waals surface area contributed by atoms with E-state index in [0.29, 0.717) is 10.7 Å².